The summed E-state index contributed by atoms with van der Waals surface area (Å²) in [7, 11) is 0. The topological polar surface area (TPSA) is 45.8 Å². The number of carbonyl (C=O) groups excluding carboxylic acids is 1. The molecule has 5 heteroatoms. The van der Waals surface area contributed by atoms with E-state index in [1.165, 1.54) is 10.6 Å². The van der Waals surface area contributed by atoms with Crippen molar-refractivity contribution in [2.24, 2.45) is 5.10 Å². The molecule has 0 fully saturated rings. The van der Waals surface area contributed by atoms with Crippen molar-refractivity contribution in [2.75, 3.05) is 5.01 Å². The molecule has 0 spiro atoms. The number of amides is 1. The Morgan fingerprint density at radius 1 is 1.00 bits per heavy atom. The molecule has 0 unspecified atom stereocenters. The number of anilines is 1. The molecule has 146 valence electrons. The van der Waals surface area contributed by atoms with Crippen molar-refractivity contribution < 1.29 is 9.21 Å². The van der Waals surface area contributed by atoms with E-state index in [2.05, 4.69) is 5.10 Å². The lowest BCUT2D eigenvalue weighted by molar-refractivity contribution is -0.114. The number of aryl methyl sites for hydroxylation is 2. The predicted molar refractivity (Wildman–Crippen MR) is 118 cm³/mol. The second-order valence-corrected chi connectivity index (χ2v) is 7.65. The van der Waals surface area contributed by atoms with Gasteiger partial charge in [0, 0.05) is 10.6 Å². The molecular weight excluding hydrogens is 384 g/mol. The van der Waals surface area contributed by atoms with Crippen LogP contribution in [-0.4, -0.2) is 11.6 Å². The van der Waals surface area contributed by atoms with E-state index in [1.807, 2.05) is 76.2 Å². The van der Waals surface area contributed by atoms with E-state index in [-0.39, 0.29) is 5.91 Å². The molecule has 0 bridgehead atoms. The molecule has 0 radical (unpaired) electrons. The lowest BCUT2D eigenvalue weighted by Gasteiger charge is -2.13. The highest BCUT2D eigenvalue weighted by Gasteiger charge is 2.29. The predicted octanol–water partition coefficient (Wildman–Crippen LogP) is 6.33. The van der Waals surface area contributed by atoms with Gasteiger partial charge in [0.05, 0.1) is 17.0 Å². The number of rotatable bonds is 3. The summed E-state index contributed by atoms with van der Waals surface area (Å²) in [5.74, 6) is 1.14. The van der Waals surface area contributed by atoms with Crippen molar-refractivity contribution in [1.29, 1.82) is 0 Å². The summed E-state index contributed by atoms with van der Waals surface area (Å²) < 4.78 is 5.98. The van der Waals surface area contributed by atoms with Gasteiger partial charge in [0.1, 0.15) is 11.5 Å². The van der Waals surface area contributed by atoms with Crippen LogP contribution in [0.3, 0.4) is 0 Å². The lowest BCUT2D eigenvalue weighted by Crippen LogP contribution is -2.21. The molecule has 0 N–H and O–H groups in total. The molecule has 1 aliphatic heterocycles. The summed E-state index contributed by atoms with van der Waals surface area (Å²) in [6, 6.07) is 15.3. The number of halogens is 1. The van der Waals surface area contributed by atoms with E-state index >= 15 is 0 Å². The van der Waals surface area contributed by atoms with Crippen LogP contribution in [0.15, 0.2) is 63.6 Å². The van der Waals surface area contributed by atoms with Crippen molar-refractivity contribution in [2.45, 2.75) is 27.7 Å². The Hall–Kier alpha value is -3.11. The first-order valence-electron chi connectivity index (χ1n) is 9.39. The summed E-state index contributed by atoms with van der Waals surface area (Å²) in [5.41, 5.74) is 6.12. The number of nitrogens with zero attached hydrogens (tertiary/aromatic N) is 2. The standard InChI is InChI=1S/C24H21ClN2O2/c1-14-8-9-18(12-15(14)2)27-24(28)21(17(4)26-27)13-19-10-11-23(29-19)20-6-5-7-22(25)16(20)3/h5-13H,1-4H3/b21-13+. The van der Waals surface area contributed by atoms with Crippen LogP contribution in [0.25, 0.3) is 17.4 Å². The highest BCUT2D eigenvalue weighted by molar-refractivity contribution is 6.32. The van der Waals surface area contributed by atoms with Gasteiger partial charge in [0.25, 0.3) is 5.91 Å². The fourth-order valence-corrected chi connectivity index (χ4v) is 3.48. The number of hydrogen-bond acceptors (Lipinski definition) is 3. The number of furan rings is 1. The molecular formula is C24H21ClN2O2. The average Bonchev–Trinajstić information content (AvgIpc) is 3.26. The minimum atomic E-state index is -0.164. The highest BCUT2D eigenvalue weighted by Crippen LogP contribution is 2.31. The summed E-state index contributed by atoms with van der Waals surface area (Å²) >= 11 is 6.22. The SMILES string of the molecule is CC1=NN(c2ccc(C)c(C)c2)C(=O)/C1=C/c1ccc(-c2cccc(Cl)c2C)o1. The molecule has 4 nitrogen and oxygen atoms in total. The summed E-state index contributed by atoms with van der Waals surface area (Å²) in [6.45, 7) is 7.85. The van der Waals surface area contributed by atoms with Crippen LogP contribution in [0.1, 0.15) is 29.4 Å². The van der Waals surface area contributed by atoms with Crippen LogP contribution in [0.2, 0.25) is 5.02 Å². The molecule has 0 atom stereocenters. The summed E-state index contributed by atoms with van der Waals surface area (Å²) in [6.07, 6.45) is 1.74. The maximum atomic E-state index is 13.0. The third kappa shape index (κ3) is 3.52. The summed E-state index contributed by atoms with van der Waals surface area (Å²) in [4.78, 5) is 13.0. The van der Waals surface area contributed by atoms with Gasteiger partial charge >= 0.3 is 0 Å². The van der Waals surface area contributed by atoms with Crippen LogP contribution >= 0.6 is 11.6 Å². The molecule has 2 aromatic carbocycles. The third-order valence-corrected chi connectivity index (χ3v) is 5.65. The molecule has 0 saturated carbocycles. The zero-order valence-corrected chi connectivity index (χ0v) is 17.5. The van der Waals surface area contributed by atoms with Gasteiger partial charge < -0.3 is 4.42 Å². The van der Waals surface area contributed by atoms with Gasteiger partial charge in [-0.1, -0.05) is 29.8 Å². The molecule has 0 saturated heterocycles. The smallest absolute Gasteiger partial charge is 0.280 e. The fourth-order valence-electron chi connectivity index (χ4n) is 3.31. The second-order valence-electron chi connectivity index (χ2n) is 7.24. The Balaban J connectivity index is 1.65. The van der Waals surface area contributed by atoms with Crippen LogP contribution in [0.5, 0.6) is 0 Å². The van der Waals surface area contributed by atoms with E-state index in [0.29, 0.717) is 27.8 Å². The van der Waals surface area contributed by atoms with Crippen molar-refractivity contribution >= 4 is 35.0 Å². The molecule has 2 heterocycles. The Morgan fingerprint density at radius 3 is 2.55 bits per heavy atom. The van der Waals surface area contributed by atoms with E-state index < -0.39 is 0 Å². The van der Waals surface area contributed by atoms with E-state index in [9.17, 15) is 4.79 Å². The lowest BCUT2D eigenvalue weighted by atomic mass is 10.1. The van der Waals surface area contributed by atoms with Gasteiger partial charge in [-0.25, -0.2) is 0 Å². The molecule has 29 heavy (non-hydrogen) atoms. The minimum absolute atomic E-state index is 0.164. The van der Waals surface area contributed by atoms with Crippen molar-refractivity contribution in [3.05, 3.63) is 81.6 Å². The monoisotopic (exact) mass is 404 g/mol. The molecule has 0 aliphatic carbocycles. The number of hydrazone groups is 1. The fraction of sp³-hybridized carbons (Fsp3) is 0.167. The van der Waals surface area contributed by atoms with Crippen molar-refractivity contribution in [1.82, 2.24) is 0 Å². The second kappa shape index (κ2) is 7.37. The van der Waals surface area contributed by atoms with Gasteiger partial charge in [-0.3, -0.25) is 4.79 Å². The van der Waals surface area contributed by atoms with Crippen LogP contribution in [-0.2, 0) is 4.79 Å². The normalized spacial score (nSPS) is 15.3. The van der Waals surface area contributed by atoms with E-state index in [0.717, 1.165) is 22.4 Å². The average molecular weight is 405 g/mol. The van der Waals surface area contributed by atoms with Crippen LogP contribution < -0.4 is 5.01 Å². The first-order valence-corrected chi connectivity index (χ1v) is 9.77. The first-order chi connectivity index (χ1) is 13.8. The van der Waals surface area contributed by atoms with Crippen LogP contribution in [0.4, 0.5) is 5.69 Å². The Bertz CT molecular complexity index is 1190. The molecule has 1 amide bonds. The van der Waals surface area contributed by atoms with Crippen molar-refractivity contribution in [3.8, 4) is 11.3 Å². The maximum absolute atomic E-state index is 13.0. The minimum Gasteiger partial charge on any atom is -0.457 e. The molecule has 3 aromatic rings. The van der Waals surface area contributed by atoms with Crippen LogP contribution in [0, 0.1) is 20.8 Å². The van der Waals surface area contributed by atoms with Gasteiger partial charge in [0.2, 0.25) is 0 Å². The molecule has 4 rings (SSSR count). The van der Waals surface area contributed by atoms with E-state index in [4.69, 9.17) is 16.0 Å². The van der Waals surface area contributed by atoms with Gasteiger partial charge in [-0.2, -0.15) is 10.1 Å². The Morgan fingerprint density at radius 2 is 1.79 bits per heavy atom. The van der Waals surface area contributed by atoms with Crippen molar-refractivity contribution in [3.63, 3.8) is 0 Å². The number of hydrogen-bond donors (Lipinski definition) is 0. The quantitative estimate of drug-likeness (QED) is 0.478. The summed E-state index contributed by atoms with van der Waals surface area (Å²) in [5, 5.41) is 6.59. The van der Waals surface area contributed by atoms with Gasteiger partial charge in [-0.15, -0.1) is 0 Å². The molecule has 1 aliphatic rings. The third-order valence-electron chi connectivity index (χ3n) is 5.24. The first kappa shape index (κ1) is 19.2. The number of benzene rings is 2. The number of carbonyl (C=O) groups is 1. The Labute approximate surface area is 175 Å². The Kier molecular flexibility index (Phi) is 4.89. The molecule has 1 aromatic heterocycles. The highest BCUT2D eigenvalue weighted by atomic mass is 35.5. The van der Waals surface area contributed by atoms with Gasteiger partial charge in [0.15, 0.2) is 0 Å². The zero-order chi connectivity index (χ0) is 20.7. The van der Waals surface area contributed by atoms with E-state index in [1.54, 1.807) is 6.08 Å². The zero-order valence-electron chi connectivity index (χ0n) is 16.8. The largest absolute Gasteiger partial charge is 0.457 e. The van der Waals surface area contributed by atoms with Gasteiger partial charge in [-0.05, 0) is 80.8 Å². The maximum Gasteiger partial charge on any atom is 0.280 e.